The third-order valence-corrected chi connectivity index (χ3v) is 7.80. The summed E-state index contributed by atoms with van der Waals surface area (Å²) in [7, 11) is 1.71. The van der Waals surface area contributed by atoms with Crippen molar-refractivity contribution in [1.29, 1.82) is 0 Å². The van der Waals surface area contributed by atoms with Gasteiger partial charge in [-0.25, -0.2) is 0 Å². The largest absolute Gasteiger partial charge is 0.394 e. The molecule has 5 rings (SSSR count). The molecule has 0 aliphatic carbocycles. The van der Waals surface area contributed by atoms with Crippen LogP contribution in [0, 0.1) is 11.8 Å². The summed E-state index contributed by atoms with van der Waals surface area (Å²) in [4.78, 5) is 46.8. The second-order valence-electron chi connectivity index (χ2n) is 10.9. The molecule has 4 aliphatic rings. The summed E-state index contributed by atoms with van der Waals surface area (Å²) in [6.07, 6.45) is 6.83. The van der Waals surface area contributed by atoms with Crippen molar-refractivity contribution >= 4 is 17.7 Å². The SMILES string of the molecule is CN1CC=C[C@H]2O[C@]34C=CCN(C(C)(C)C)C(=O)C3N([C@H](CO)c3ccccc3)C(=O)[C@@H]4[C@H]2C1=O. The minimum absolute atomic E-state index is 0.172. The van der Waals surface area contributed by atoms with E-state index in [1.165, 1.54) is 4.90 Å². The molecule has 3 amide bonds. The monoisotopic (exact) mass is 479 g/mol. The Kier molecular flexibility index (Phi) is 5.64. The van der Waals surface area contributed by atoms with Gasteiger partial charge in [-0.15, -0.1) is 0 Å². The molecular formula is C27H33N3O5. The van der Waals surface area contributed by atoms with E-state index in [1.807, 2.05) is 75.4 Å². The van der Waals surface area contributed by atoms with E-state index < -0.39 is 41.2 Å². The first-order valence-corrected chi connectivity index (χ1v) is 12.2. The quantitative estimate of drug-likeness (QED) is 0.664. The molecule has 0 bridgehead atoms. The van der Waals surface area contributed by atoms with Crippen molar-refractivity contribution in [3.8, 4) is 0 Å². The molecule has 0 saturated carbocycles. The first kappa shape index (κ1) is 23.8. The molecule has 4 aliphatic heterocycles. The van der Waals surface area contributed by atoms with Crippen LogP contribution in [0.1, 0.15) is 32.4 Å². The Morgan fingerprint density at radius 1 is 1.06 bits per heavy atom. The smallest absolute Gasteiger partial charge is 0.249 e. The van der Waals surface area contributed by atoms with Gasteiger partial charge in [0, 0.05) is 25.7 Å². The van der Waals surface area contributed by atoms with E-state index in [0.717, 1.165) is 5.56 Å². The number of likely N-dealkylation sites (N-methyl/N-ethyl adjacent to an activating group) is 1. The number of nitrogens with zero attached hydrogens (tertiary/aromatic N) is 3. The van der Waals surface area contributed by atoms with Crippen molar-refractivity contribution < 1.29 is 24.2 Å². The Morgan fingerprint density at radius 2 is 1.77 bits per heavy atom. The molecule has 0 radical (unpaired) electrons. The lowest BCUT2D eigenvalue weighted by Gasteiger charge is -2.42. The molecule has 6 atom stereocenters. The number of aliphatic hydroxyl groups is 1. The van der Waals surface area contributed by atoms with Gasteiger partial charge in [0.15, 0.2) is 0 Å². The Labute approximate surface area is 205 Å². The molecule has 4 heterocycles. The van der Waals surface area contributed by atoms with Crippen molar-refractivity contribution in [3.05, 3.63) is 60.2 Å². The predicted octanol–water partition coefficient (Wildman–Crippen LogP) is 1.53. The first-order chi connectivity index (χ1) is 16.6. The van der Waals surface area contributed by atoms with Crippen LogP contribution < -0.4 is 0 Å². The number of carbonyl (C=O) groups is 3. The average Bonchev–Trinajstić information content (AvgIpc) is 3.13. The van der Waals surface area contributed by atoms with Gasteiger partial charge in [-0.1, -0.05) is 54.6 Å². The van der Waals surface area contributed by atoms with Crippen molar-refractivity contribution in [2.45, 2.75) is 50.1 Å². The number of hydrogen-bond acceptors (Lipinski definition) is 5. The summed E-state index contributed by atoms with van der Waals surface area (Å²) in [6, 6.07) is 7.47. The van der Waals surface area contributed by atoms with Crippen molar-refractivity contribution in [3.63, 3.8) is 0 Å². The zero-order valence-corrected chi connectivity index (χ0v) is 20.6. The van der Waals surface area contributed by atoms with Gasteiger partial charge in [0.2, 0.25) is 17.7 Å². The topological polar surface area (TPSA) is 90.4 Å². The standard InChI is InChI=1S/C27H33N3O5/c1-26(2,3)29-15-9-13-27-21(20-19(35-27)12-8-14-28(4)23(20)32)24(33)30(22(27)25(29)34)18(16-31)17-10-6-5-7-11-17/h5-13,18-22,31H,14-16H2,1-4H3/t18-,19-,20+,21+,22?,27+/m1/s1. The van der Waals surface area contributed by atoms with Crippen LogP contribution >= 0.6 is 0 Å². The van der Waals surface area contributed by atoms with Crippen LogP contribution in [0.25, 0.3) is 0 Å². The van der Waals surface area contributed by atoms with Crippen LogP contribution in [0.15, 0.2) is 54.6 Å². The molecular weight excluding hydrogens is 446 g/mol. The third-order valence-electron chi connectivity index (χ3n) is 7.80. The molecule has 186 valence electrons. The van der Waals surface area contributed by atoms with Gasteiger partial charge in [-0.2, -0.15) is 0 Å². The Bertz CT molecular complexity index is 1090. The normalized spacial score (nSPS) is 33.4. The summed E-state index contributed by atoms with van der Waals surface area (Å²) in [6.45, 7) is 6.31. The maximum absolute atomic E-state index is 14.3. The predicted molar refractivity (Wildman–Crippen MR) is 129 cm³/mol. The summed E-state index contributed by atoms with van der Waals surface area (Å²) >= 11 is 0. The number of likely N-dealkylation sites (tertiary alicyclic amines) is 1. The Balaban J connectivity index is 1.70. The van der Waals surface area contributed by atoms with Crippen molar-refractivity contribution in [1.82, 2.24) is 14.7 Å². The van der Waals surface area contributed by atoms with Crippen LogP contribution in [0.3, 0.4) is 0 Å². The van der Waals surface area contributed by atoms with E-state index in [2.05, 4.69) is 0 Å². The van der Waals surface area contributed by atoms with E-state index in [4.69, 9.17) is 4.74 Å². The highest BCUT2D eigenvalue weighted by molar-refractivity contribution is 6.00. The fourth-order valence-corrected chi connectivity index (χ4v) is 6.17. The fraction of sp³-hybridized carbons (Fsp3) is 0.519. The number of rotatable bonds is 3. The number of ether oxygens (including phenoxy) is 1. The maximum Gasteiger partial charge on any atom is 0.249 e. The molecule has 1 aromatic carbocycles. The minimum Gasteiger partial charge on any atom is -0.394 e. The van der Waals surface area contributed by atoms with Crippen molar-refractivity contribution in [2.24, 2.45) is 11.8 Å². The maximum atomic E-state index is 14.3. The number of benzene rings is 1. The minimum atomic E-state index is -1.30. The van der Waals surface area contributed by atoms with Crippen LogP contribution in [-0.2, 0) is 19.1 Å². The van der Waals surface area contributed by atoms with E-state index >= 15 is 0 Å². The van der Waals surface area contributed by atoms with Gasteiger partial charge < -0.3 is 24.5 Å². The number of amides is 3. The molecule has 0 aromatic heterocycles. The van der Waals surface area contributed by atoms with Crippen LogP contribution in [0.5, 0.6) is 0 Å². The summed E-state index contributed by atoms with van der Waals surface area (Å²) in [5, 5.41) is 10.5. The number of fused-ring (bicyclic) bond motifs is 2. The van der Waals surface area contributed by atoms with E-state index in [-0.39, 0.29) is 24.3 Å². The highest BCUT2D eigenvalue weighted by atomic mass is 16.5. The van der Waals surface area contributed by atoms with Gasteiger partial charge in [0.1, 0.15) is 11.6 Å². The number of aliphatic hydroxyl groups excluding tert-OH is 1. The van der Waals surface area contributed by atoms with Gasteiger partial charge in [-0.05, 0) is 26.3 Å². The first-order valence-electron chi connectivity index (χ1n) is 12.2. The van der Waals surface area contributed by atoms with E-state index in [1.54, 1.807) is 16.8 Å². The summed E-state index contributed by atoms with van der Waals surface area (Å²) in [5.74, 6) is -2.36. The fourth-order valence-electron chi connectivity index (χ4n) is 6.17. The lowest BCUT2D eigenvalue weighted by molar-refractivity contribution is -0.154. The van der Waals surface area contributed by atoms with E-state index in [9.17, 15) is 19.5 Å². The molecule has 8 heteroatoms. The highest BCUT2D eigenvalue weighted by Crippen LogP contribution is 2.55. The van der Waals surface area contributed by atoms with Gasteiger partial charge >= 0.3 is 0 Å². The molecule has 1 unspecified atom stereocenters. The molecule has 1 aromatic rings. The van der Waals surface area contributed by atoms with Crippen molar-refractivity contribution in [2.75, 3.05) is 26.7 Å². The van der Waals surface area contributed by atoms with Gasteiger partial charge in [0.05, 0.1) is 30.6 Å². The van der Waals surface area contributed by atoms with Gasteiger partial charge in [-0.3, -0.25) is 14.4 Å². The summed E-state index contributed by atoms with van der Waals surface area (Å²) < 4.78 is 6.61. The van der Waals surface area contributed by atoms with Crippen LogP contribution in [-0.4, -0.2) is 87.6 Å². The molecule has 35 heavy (non-hydrogen) atoms. The number of carbonyl (C=O) groups excluding carboxylic acids is 3. The Hall–Kier alpha value is -2.97. The molecule has 2 saturated heterocycles. The third kappa shape index (κ3) is 3.45. The van der Waals surface area contributed by atoms with Crippen LogP contribution in [0.4, 0.5) is 0 Å². The average molecular weight is 480 g/mol. The van der Waals surface area contributed by atoms with Gasteiger partial charge in [0.25, 0.3) is 0 Å². The zero-order chi connectivity index (χ0) is 25.1. The zero-order valence-electron chi connectivity index (χ0n) is 20.6. The lowest BCUT2D eigenvalue weighted by Crippen LogP contribution is -2.59. The molecule has 2 fully saturated rings. The molecule has 1 spiro atoms. The molecule has 1 N–H and O–H groups in total. The second kappa shape index (κ2) is 8.31. The molecule has 8 nitrogen and oxygen atoms in total. The summed E-state index contributed by atoms with van der Waals surface area (Å²) in [5.41, 5.74) is -1.08. The lowest BCUT2D eigenvalue weighted by atomic mass is 9.77. The van der Waals surface area contributed by atoms with E-state index in [0.29, 0.717) is 13.1 Å². The highest BCUT2D eigenvalue weighted by Gasteiger charge is 2.72. The van der Waals surface area contributed by atoms with Crippen LogP contribution in [0.2, 0.25) is 0 Å². The second-order valence-corrected chi connectivity index (χ2v) is 10.9. The Morgan fingerprint density at radius 3 is 2.43 bits per heavy atom. The number of hydrogen-bond donors (Lipinski definition) is 1.